The minimum Gasteiger partial charge on any atom is -0.382 e. The number of halogens is 1. The molecule has 7 heteroatoms. The van der Waals surface area contributed by atoms with Crippen molar-refractivity contribution in [2.75, 3.05) is 5.43 Å². The van der Waals surface area contributed by atoms with E-state index in [4.69, 9.17) is 21.7 Å². The summed E-state index contributed by atoms with van der Waals surface area (Å²) >= 11 is 0. The second kappa shape index (κ2) is 5.24. The van der Waals surface area contributed by atoms with E-state index in [0.29, 0.717) is 0 Å². The minimum absolute atomic E-state index is 0.0712. The number of hydrazone groups is 1. The number of nitrogens with zero attached hydrogens (tertiary/aromatic N) is 3. The van der Waals surface area contributed by atoms with Crippen LogP contribution >= 0.6 is 0 Å². The molecule has 0 fully saturated rings. The number of nitrogens with one attached hydrogen (secondary N) is 2. The Labute approximate surface area is 96.3 Å². The van der Waals surface area contributed by atoms with Gasteiger partial charge >= 0.3 is 0 Å². The fraction of sp³-hybridized carbons (Fsp3) is 0. The summed E-state index contributed by atoms with van der Waals surface area (Å²) in [6.07, 6.45) is 0. The number of benzene rings is 1. The molecule has 0 unspecified atom stereocenters. The Kier molecular flexibility index (Phi) is 3.74. The lowest BCUT2D eigenvalue weighted by molar-refractivity contribution is 0.630. The van der Waals surface area contributed by atoms with E-state index < -0.39 is 11.7 Å². The number of nitrogens with two attached hydrogens (primary N) is 1. The predicted octanol–water partition coefficient (Wildman–Crippen LogP) is 0.925. The Morgan fingerprint density at radius 1 is 1.47 bits per heavy atom. The molecule has 1 rings (SSSR count). The Morgan fingerprint density at radius 3 is 2.71 bits per heavy atom. The minimum atomic E-state index is -0.631. The van der Waals surface area contributed by atoms with Crippen molar-refractivity contribution in [3.05, 3.63) is 29.6 Å². The molecule has 84 valence electrons. The largest absolute Gasteiger partial charge is 0.382 e. The van der Waals surface area contributed by atoms with Gasteiger partial charge in [-0.15, -0.1) is 0 Å². The Morgan fingerprint density at radius 2 is 2.18 bits per heavy atom. The molecule has 0 aliphatic heterocycles. The number of amidine groups is 1. The lowest BCUT2D eigenvalue weighted by atomic mass is 10.2. The number of anilines is 1. The molecule has 0 spiro atoms. The van der Waals surface area contributed by atoms with Gasteiger partial charge in [-0.25, -0.2) is 4.39 Å². The molecule has 0 amide bonds. The molecule has 0 aliphatic carbocycles. The van der Waals surface area contributed by atoms with Crippen molar-refractivity contribution in [3.63, 3.8) is 0 Å². The number of nitriles is 2. The molecule has 1 aromatic carbocycles. The van der Waals surface area contributed by atoms with Gasteiger partial charge in [0.05, 0.1) is 17.3 Å². The Balaban J connectivity index is 3.01. The van der Waals surface area contributed by atoms with Gasteiger partial charge in [-0.1, -0.05) is 0 Å². The number of hydrogen-bond donors (Lipinski definition) is 3. The molecule has 1 aromatic rings. The van der Waals surface area contributed by atoms with E-state index in [1.807, 2.05) is 6.07 Å². The topological polar surface area (TPSA) is 122 Å². The monoisotopic (exact) mass is 230 g/mol. The first-order valence-corrected chi connectivity index (χ1v) is 4.36. The van der Waals surface area contributed by atoms with E-state index in [9.17, 15) is 4.39 Å². The highest BCUT2D eigenvalue weighted by Crippen LogP contribution is 2.15. The number of hydrogen-bond acceptors (Lipinski definition) is 5. The van der Waals surface area contributed by atoms with Crippen molar-refractivity contribution in [2.24, 2.45) is 10.8 Å². The van der Waals surface area contributed by atoms with Gasteiger partial charge < -0.3 is 5.73 Å². The summed E-state index contributed by atoms with van der Waals surface area (Å²) in [5.41, 5.74) is 7.09. The lowest BCUT2D eigenvalue weighted by Crippen LogP contribution is -2.22. The van der Waals surface area contributed by atoms with E-state index in [-0.39, 0.29) is 17.0 Å². The SMILES string of the molecule is N#C/C(=N\Nc1cc(C#N)ccc1F)C(=N)N. The van der Waals surface area contributed by atoms with Gasteiger partial charge in [0.2, 0.25) is 5.71 Å². The van der Waals surface area contributed by atoms with Crippen LogP contribution in [0.25, 0.3) is 0 Å². The van der Waals surface area contributed by atoms with Gasteiger partial charge in [0.1, 0.15) is 11.9 Å². The van der Waals surface area contributed by atoms with Crippen LogP contribution in [0, 0.1) is 33.9 Å². The van der Waals surface area contributed by atoms with Gasteiger partial charge in [0.25, 0.3) is 0 Å². The maximum Gasteiger partial charge on any atom is 0.201 e. The van der Waals surface area contributed by atoms with Crippen LogP contribution in [0.2, 0.25) is 0 Å². The summed E-state index contributed by atoms with van der Waals surface area (Å²) in [6, 6.07) is 7.03. The van der Waals surface area contributed by atoms with Crippen LogP contribution in [-0.4, -0.2) is 11.5 Å². The van der Waals surface area contributed by atoms with Crippen LogP contribution in [0.5, 0.6) is 0 Å². The highest BCUT2D eigenvalue weighted by molar-refractivity contribution is 6.45. The van der Waals surface area contributed by atoms with E-state index in [0.717, 1.165) is 6.07 Å². The highest BCUT2D eigenvalue weighted by atomic mass is 19.1. The van der Waals surface area contributed by atoms with Gasteiger partial charge in [0, 0.05) is 0 Å². The van der Waals surface area contributed by atoms with Crippen molar-refractivity contribution in [2.45, 2.75) is 0 Å². The molecule has 0 aromatic heterocycles. The second-order valence-electron chi connectivity index (χ2n) is 2.90. The molecule has 0 radical (unpaired) electrons. The van der Waals surface area contributed by atoms with Gasteiger partial charge in [-0.3, -0.25) is 10.8 Å². The van der Waals surface area contributed by atoms with E-state index in [1.54, 1.807) is 6.07 Å². The van der Waals surface area contributed by atoms with Crippen LogP contribution in [-0.2, 0) is 0 Å². The summed E-state index contributed by atoms with van der Waals surface area (Å²) in [4.78, 5) is 0. The van der Waals surface area contributed by atoms with Crippen LogP contribution < -0.4 is 11.2 Å². The molecular formula is C10H7FN6. The van der Waals surface area contributed by atoms with Crippen LogP contribution in [0.4, 0.5) is 10.1 Å². The lowest BCUT2D eigenvalue weighted by Gasteiger charge is -2.02. The van der Waals surface area contributed by atoms with Crippen molar-refractivity contribution in [3.8, 4) is 12.1 Å². The van der Waals surface area contributed by atoms with Crippen LogP contribution in [0.15, 0.2) is 23.3 Å². The molecular weight excluding hydrogens is 223 g/mol. The first-order valence-electron chi connectivity index (χ1n) is 4.36. The van der Waals surface area contributed by atoms with Crippen molar-refractivity contribution in [1.29, 1.82) is 15.9 Å². The van der Waals surface area contributed by atoms with Gasteiger partial charge in [-0.2, -0.15) is 15.6 Å². The highest BCUT2D eigenvalue weighted by Gasteiger charge is 2.05. The van der Waals surface area contributed by atoms with Gasteiger partial charge in [-0.05, 0) is 18.2 Å². The summed E-state index contributed by atoms with van der Waals surface area (Å²) in [6.45, 7) is 0. The third-order valence-electron chi connectivity index (χ3n) is 1.74. The van der Waals surface area contributed by atoms with E-state index in [2.05, 4.69) is 10.5 Å². The van der Waals surface area contributed by atoms with Crippen LogP contribution in [0.1, 0.15) is 5.56 Å². The smallest absolute Gasteiger partial charge is 0.201 e. The zero-order chi connectivity index (χ0) is 12.8. The summed E-state index contributed by atoms with van der Waals surface area (Å²) < 4.78 is 13.3. The fourth-order valence-electron chi connectivity index (χ4n) is 0.942. The van der Waals surface area contributed by atoms with E-state index in [1.165, 1.54) is 12.1 Å². The zero-order valence-electron chi connectivity index (χ0n) is 8.53. The summed E-state index contributed by atoms with van der Waals surface area (Å²) in [7, 11) is 0. The third-order valence-corrected chi connectivity index (χ3v) is 1.74. The average molecular weight is 230 g/mol. The van der Waals surface area contributed by atoms with Crippen LogP contribution in [0.3, 0.4) is 0 Å². The molecule has 17 heavy (non-hydrogen) atoms. The quantitative estimate of drug-likeness (QED) is 0.406. The Bertz CT molecular complexity index is 563. The maximum atomic E-state index is 13.3. The number of rotatable bonds is 3. The molecule has 0 saturated heterocycles. The zero-order valence-corrected chi connectivity index (χ0v) is 8.53. The first kappa shape index (κ1) is 12.1. The first-order chi connectivity index (χ1) is 8.08. The summed E-state index contributed by atoms with van der Waals surface area (Å²) in [5.74, 6) is -1.16. The standard InChI is InChI=1S/C10H7FN6/c11-7-2-1-6(4-12)3-8(7)16-17-9(5-13)10(14)15/h1-3,16H,(H3,14,15)/b17-9+. The molecule has 6 nitrogen and oxygen atoms in total. The van der Waals surface area contributed by atoms with Crippen molar-refractivity contribution < 1.29 is 4.39 Å². The maximum absolute atomic E-state index is 13.3. The molecule has 0 atom stereocenters. The second-order valence-corrected chi connectivity index (χ2v) is 2.90. The van der Waals surface area contributed by atoms with E-state index >= 15 is 0 Å². The predicted molar refractivity (Wildman–Crippen MR) is 59.7 cm³/mol. The van der Waals surface area contributed by atoms with Crippen molar-refractivity contribution >= 4 is 17.2 Å². The van der Waals surface area contributed by atoms with Crippen molar-refractivity contribution in [1.82, 2.24) is 0 Å². The fourth-order valence-corrected chi connectivity index (χ4v) is 0.942. The Hall–Kier alpha value is -2.93. The third kappa shape index (κ3) is 3.01. The molecule has 0 aliphatic rings. The molecule has 4 N–H and O–H groups in total. The normalized spacial score (nSPS) is 10.2. The molecule has 0 bridgehead atoms. The molecule has 0 saturated carbocycles. The molecule has 0 heterocycles. The summed E-state index contributed by atoms with van der Waals surface area (Å²) in [5, 5.41) is 27.6. The van der Waals surface area contributed by atoms with Gasteiger partial charge in [0.15, 0.2) is 5.84 Å². The average Bonchev–Trinajstić information content (AvgIpc) is 2.31.